The third kappa shape index (κ3) is 5.42. The minimum absolute atomic E-state index is 0.228. The Morgan fingerprint density at radius 1 is 1.46 bits per heavy atom. The molecule has 2 N–H and O–H groups in total. The van der Waals surface area contributed by atoms with Crippen LogP contribution in [0, 0.1) is 5.92 Å². The molecule has 0 aromatic carbocycles. The number of nitrogens with one attached hydrogen (secondary N) is 1. The van der Waals surface area contributed by atoms with Crippen LogP contribution in [0.5, 0.6) is 0 Å². The second kappa shape index (κ2) is 6.66. The zero-order chi connectivity index (χ0) is 10.3. The molecule has 0 atom stereocenters. The molecule has 0 saturated heterocycles. The van der Waals surface area contributed by atoms with Gasteiger partial charge < -0.3 is 10.4 Å². The van der Waals surface area contributed by atoms with Gasteiger partial charge in [0.2, 0.25) is 0 Å². The summed E-state index contributed by atoms with van der Waals surface area (Å²) in [6.45, 7) is 8.98. The lowest BCUT2D eigenvalue weighted by Gasteiger charge is -2.12. The molecule has 0 amide bonds. The van der Waals surface area contributed by atoms with Crippen LogP contribution in [0.2, 0.25) is 0 Å². The summed E-state index contributed by atoms with van der Waals surface area (Å²) in [7, 11) is 0. The van der Waals surface area contributed by atoms with Gasteiger partial charge in [-0.15, -0.1) is 0 Å². The topological polar surface area (TPSA) is 49.3 Å². The Balaban J connectivity index is 3.54. The van der Waals surface area contributed by atoms with Gasteiger partial charge in [0, 0.05) is 12.1 Å². The van der Waals surface area contributed by atoms with Crippen molar-refractivity contribution in [1.82, 2.24) is 5.32 Å². The van der Waals surface area contributed by atoms with Crippen LogP contribution < -0.4 is 5.32 Å². The van der Waals surface area contributed by atoms with Gasteiger partial charge in [-0.1, -0.05) is 33.3 Å². The summed E-state index contributed by atoms with van der Waals surface area (Å²) in [6, 6.07) is 0. The highest BCUT2D eigenvalue weighted by Crippen LogP contribution is 2.04. The molecule has 0 aromatic heterocycles. The average molecular weight is 185 g/mol. The van der Waals surface area contributed by atoms with Crippen LogP contribution in [0.25, 0.3) is 0 Å². The van der Waals surface area contributed by atoms with Crippen molar-refractivity contribution in [2.24, 2.45) is 5.92 Å². The number of carboxylic acids is 1. The first-order chi connectivity index (χ1) is 6.11. The molecule has 0 unspecified atom stereocenters. The average Bonchev–Trinajstić information content (AvgIpc) is 2.12. The molecule has 76 valence electrons. The van der Waals surface area contributed by atoms with Gasteiger partial charge in [-0.05, 0) is 12.5 Å². The van der Waals surface area contributed by atoms with Gasteiger partial charge >= 0.3 is 5.97 Å². The molecule has 0 aliphatic carbocycles. The summed E-state index contributed by atoms with van der Waals surface area (Å²) in [6.07, 6.45) is 2.26. The van der Waals surface area contributed by atoms with E-state index in [1.54, 1.807) is 0 Å². The highest BCUT2D eigenvalue weighted by Gasteiger charge is 2.05. The monoisotopic (exact) mass is 185 g/mol. The Morgan fingerprint density at radius 2 is 2.00 bits per heavy atom. The zero-order valence-corrected chi connectivity index (χ0v) is 8.47. The van der Waals surface area contributed by atoms with Crippen LogP contribution in [0.4, 0.5) is 0 Å². The molecule has 0 radical (unpaired) electrons. The van der Waals surface area contributed by atoms with Gasteiger partial charge in [0.15, 0.2) is 0 Å². The van der Waals surface area contributed by atoms with Crippen molar-refractivity contribution in [3.63, 3.8) is 0 Å². The van der Waals surface area contributed by atoms with E-state index < -0.39 is 5.97 Å². The first kappa shape index (κ1) is 12.2. The summed E-state index contributed by atoms with van der Waals surface area (Å²) in [5.74, 6) is -0.279. The van der Waals surface area contributed by atoms with Gasteiger partial charge in [0.05, 0.1) is 0 Å². The summed E-state index contributed by atoms with van der Waals surface area (Å²) in [5, 5.41) is 11.6. The van der Waals surface area contributed by atoms with E-state index >= 15 is 0 Å². The molecule has 0 rings (SSSR count). The molecular formula is C10H19NO2. The first-order valence-electron chi connectivity index (χ1n) is 4.73. The number of rotatable bonds is 7. The number of carbonyl (C=O) groups is 1. The summed E-state index contributed by atoms with van der Waals surface area (Å²) < 4.78 is 0. The van der Waals surface area contributed by atoms with E-state index in [9.17, 15) is 4.79 Å². The number of carboxylic acid groups (broad SMARTS) is 1. The van der Waals surface area contributed by atoms with E-state index in [4.69, 9.17) is 5.11 Å². The first-order valence-corrected chi connectivity index (χ1v) is 4.73. The lowest BCUT2D eigenvalue weighted by atomic mass is 10.0. The molecule has 13 heavy (non-hydrogen) atoms. The minimum atomic E-state index is -0.919. The summed E-state index contributed by atoms with van der Waals surface area (Å²) in [4.78, 5) is 10.4. The fourth-order valence-electron chi connectivity index (χ4n) is 1.08. The highest BCUT2D eigenvalue weighted by atomic mass is 16.4. The molecule has 0 bridgehead atoms. The Bertz CT molecular complexity index is 174. The Kier molecular flexibility index (Phi) is 6.24. The normalized spacial score (nSPS) is 10.4. The predicted octanol–water partition coefficient (Wildman–Crippen LogP) is 1.65. The molecule has 0 spiro atoms. The maximum absolute atomic E-state index is 10.4. The van der Waals surface area contributed by atoms with E-state index in [1.165, 1.54) is 0 Å². The number of aliphatic carboxylic acids is 1. The third-order valence-electron chi connectivity index (χ3n) is 2.23. The number of hydrogen-bond donors (Lipinski definition) is 2. The summed E-state index contributed by atoms with van der Waals surface area (Å²) >= 11 is 0. The Morgan fingerprint density at radius 3 is 2.38 bits per heavy atom. The molecular weight excluding hydrogens is 166 g/mol. The van der Waals surface area contributed by atoms with Crippen molar-refractivity contribution >= 4 is 5.97 Å². The van der Waals surface area contributed by atoms with Crippen molar-refractivity contribution < 1.29 is 9.90 Å². The van der Waals surface area contributed by atoms with Gasteiger partial charge in [-0.2, -0.15) is 0 Å². The standard InChI is InChI=1S/C10H19NO2/c1-4-9(5-2)7-11-6-8(3)10(12)13/h9,11H,3-7H2,1-2H3,(H,12,13). The van der Waals surface area contributed by atoms with E-state index in [2.05, 4.69) is 25.7 Å². The van der Waals surface area contributed by atoms with Crippen molar-refractivity contribution in [3.8, 4) is 0 Å². The van der Waals surface area contributed by atoms with E-state index in [0.29, 0.717) is 12.5 Å². The molecule has 0 fully saturated rings. The van der Waals surface area contributed by atoms with E-state index in [1.807, 2.05) is 0 Å². The molecule has 0 saturated carbocycles. The van der Waals surface area contributed by atoms with E-state index in [-0.39, 0.29) is 5.57 Å². The second-order valence-corrected chi connectivity index (χ2v) is 3.22. The minimum Gasteiger partial charge on any atom is -0.478 e. The zero-order valence-electron chi connectivity index (χ0n) is 8.47. The largest absolute Gasteiger partial charge is 0.478 e. The fourth-order valence-corrected chi connectivity index (χ4v) is 1.08. The van der Waals surface area contributed by atoms with Crippen LogP contribution in [0.15, 0.2) is 12.2 Å². The van der Waals surface area contributed by atoms with Gasteiger partial charge in [0.25, 0.3) is 0 Å². The molecule has 3 heteroatoms. The van der Waals surface area contributed by atoms with Crippen LogP contribution >= 0.6 is 0 Å². The van der Waals surface area contributed by atoms with Crippen LogP contribution in [-0.2, 0) is 4.79 Å². The van der Waals surface area contributed by atoms with Crippen LogP contribution in [0.1, 0.15) is 26.7 Å². The molecule has 0 heterocycles. The highest BCUT2D eigenvalue weighted by molar-refractivity contribution is 5.86. The molecule has 0 aromatic rings. The Hall–Kier alpha value is -0.830. The van der Waals surface area contributed by atoms with Crippen molar-refractivity contribution in [2.45, 2.75) is 26.7 Å². The van der Waals surface area contributed by atoms with Crippen LogP contribution in [-0.4, -0.2) is 24.2 Å². The van der Waals surface area contributed by atoms with Crippen molar-refractivity contribution in [2.75, 3.05) is 13.1 Å². The second-order valence-electron chi connectivity index (χ2n) is 3.22. The number of hydrogen-bond acceptors (Lipinski definition) is 2. The SMILES string of the molecule is C=C(CNCC(CC)CC)C(=O)O. The third-order valence-corrected chi connectivity index (χ3v) is 2.23. The molecule has 3 nitrogen and oxygen atoms in total. The van der Waals surface area contributed by atoms with Crippen LogP contribution in [0.3, 0.4) is 0 Å². The lowest BCUT2D eigenvalue weighted by molar-refractivity contribution is -0.132. The molecule has 0 aliphatic rings. The van der Waals surface area contributed by atoms with Gasteiger partial charge in [0.1, 0.15) is 0 Å². The van der Waals surface area contributed by atoms with Crippen molar-refractivity contribution in [3.05, 3.63) is 12.2 Å². The quantitative estimate of drug-likeness (QED) is 0.593. The van der Waals surface area contributed by atoms with Gasteiger partial charge in [-0.25, -0.2) is 4.79 Å². The smallest absolute Gasteiger partial charge is 0.332 e. The molecule has 0 aliphatic heterocycles. The van der Waals surface area contributed by atoms with Crippen molar-refractivity contribution in [1.29, 1.82) is 0 Å². The van der Waals surface area contributed by atoms with Gasteiger partial charge in [-0.3, -0.25) is 0 Å². The maximum atomic E-state index is 10.4. The Labute approximate surface area is 79.8 Å². The maximum Gasteiger partial charge on any atom is 0.332 e. The lowest BCUT2D eigenvalue weighted by Crippen LogP contribution is -2.26. The van der Waals surface area contributed by atoms with E-state index in [0.717, 1.165) is 19.4 Å². The fraction of sp³-hybridized carbons (Fsp3) is 0.700. The summed E-state index contributed by atoms with van der Waals surface area (Å²) in [5.41, 5.74) is 0.228. The predicted molar refractivity (Wildman–Crippen MR) is 53.7 cm³/mol.